The molecule has 0 radical (unpaired) electrons. The lowest BCUT2D eigenvalue weighted by Gasteiger charge is -2.06. The molecule has 1 aliphatic rings. The number of rotatable bonds is 3. The highest BCUT2D eigenvalue weighted by molar-refractivity contribution is 6.31. The topological polar surface area (TPSA) is 29.6 Å². The van der Waals surface area contributed by atoms with Crippen LogP contribution >= 0.6 is 11.6 Å². The fourth-order valence-electron chi connectivity index (χ4n) is 2.23. The molecule has 1 aliphatic heterocycles. The van der Waals surface area contributed by atoms with Gasteiger partial charge in [-0.05, 0) is 23.8 Å². The Bertz CT molecular complexity index is 626. The summed E-state index contributed by atoms with van der Waals surface area (Å²) >= 11 is 6.10. The first-order chi connectivity index (χ1) is 9.17. The van der Waals surface area contributed by atoms with Gasteiger partial charge in [0.25, 0.3) is 0 Å². The molecule has 4 heteroatoms. The molecular formula is C15H10ClFO2. The van der Waals surface area contributed by atoms with Crippen molar-refractivity contribution in [2.45, 2.75) is 11.7 Å². The van der Waals surface area contributed by atoms with Crippen molar-refractivity contribution in [3.63, 3.8) is 0 Å². The van der Waals surface area contributed by atoms with Crippen molar-refractivity contribution in [3.05, 3.63) is 70.5 Å². The van der Waals surface area contributed by atoms with Gasteiger partial charge in [0, 0.05) is 10.6 Å². The molecule has 96 valence electrons. The Hall–Kier alpha value is -1.71. The van der Waals surface area contributed by atoms with Crippen LogP contribution in [0.4, 0.5) is 4.39 Å². The van der Waals surface area contributed by atoms with Gasteiger partial charge in [0.1, 0.15) is 11.9 Å². The molecule has 0 aliphatic carbocycles. The maximum Gasteiger partial charge on any atom is 0.179 e. The lowest BCUT2D eigenvalue weighted by Crippen LogP contribution is -2.12. The Morgan fingerprint density at radius 3 is 2.63 bits per heavy atom. The van der Waals surface area contributed by atoms with Gasteiger partial charge in [0.05, 0.1) is 0 Å². The van der Waals surface area contributed by atoms with Gasteiger partial charge in [-0.1, -0.05) is 41.9 Å². The maximum absolute atomic E-state index is 12.9. The molecule has 0 bridgehead atoms. The highest BCUT2D eigenvalue weighted by atomic mass is 35.5. The van der Waals surface area contributed by atoms with E-state index in [4.69, 9.17) is 16.3 Å². The number of halogens is 2. The van der Waals surface area contributed by atoms with Crippen LogP contribution in [0.15, 0.2) is 48.5 Å². The number of aldehydes is 1. The number of hydrogen-bond donors (Lipinski definition) is 0. The van der Waals surface area contributed by atoms with Crippen LogP contribution in [-0.4, -0.2) is 6.29 Å². The number of benzene rings is 2. The van der Waals surface area contributed by atoms with Gasteiger partial charge in [-0.15, -0.1) is 0 Å². The van der Waals surface area contributed by atoms with E-state index in [0.29, 0.717) is 10.6 Å². The zero-order chi connectivity index (χ0) is 13.5. The standard InChI is InChI=1S/C15H10ClFO2/c16-13-4-2-1-3-12(13)14-15(9-18,19-14)10-5-7-11(17)8-6-10/h1-9,14H/t14-,15-/m1/s1/i1+2,2+2,3+2,4+2,12+2,13+2. The number of carbonyl (C=O) groups is 1. The van der Waals surface area contributed by atoms with Crippen molar-refractivity contribution in [2.75, 3.05) is 0 Å². The molecule has 1 saturated heterocycles. The largest absolute Gasteiger partial charge is 0.348 e. The van der Waals surface area contributed by atoms with Gasteiger partial charge in [0.2, 0.25) is 0 Å². The Balaban J connectivity index is 1.99. The van der Waals surface area contributed by atoms with E-state index in [1.54, 1.807) is 18.2 Å². The van der Waals surface area contributed by atoms with Crippen molar-refractivity contribution >= 4 is 17.9 Å². The van der Waals surface area contributed by atoms with Gasteiger partial charge in [0.15, 0.2) is 11.9 Å². The number of ether oxygens (including phenoxy) is 1. The second-order valence-corrected chi connectivity index (χ2v) is 4.84. The monoisotopic (exact) mass is 288 g/mol. The van der Waals surface area contributed by atoms with E-state index in [1.807, 2.05) is 18.2 Å². The Morgan fingerprint density at radius 2 is 2.00 bits per heavy atom. The van der Waals surface area contributed by atoms with Crippen LogP contribution in [0.5, 0.6) is 0 Å². The van der Waals surface area contributed by atoms with E-state index in [2.05, 4.69) is 0 Å². The van der Waals surface area contributed by atoms with Crippen LogP contribution in [0.2, 0.25) is 5.02 Å². The van der Waals surface area contributed by atoms with E-state index in [1.165, 1.54) is 12.1 Å². The van der Waals surface area contributed by atoms with Crippen LogP contribution < -0.4 is 0 Å². The lowest BCUT2D eigenvalue weighted by atomic mass is 10.00. The predicted octanol–water partition coefficient (Wildman–Crippen LogP) is 3.64. The lowest BCUT2D eigenvalue weighted by molar-refractivity contribution is -0.112. The molecule has 0 saturated carbocycles. The summed E-state index contributed by atoms with van der Waals surface area (Å²) in [5.41, 5.74) is 0.355. The summed E-state index contributed by atoms with van der Waals surface area (Å²) in [5.74, 6) is -0.347. The van der Waals surface area contributed by atoms with Crippen molar-refractivity contribution in [3.8, 4) is 0 Å². The first kappa shape index (κ1) is 12.3. The molecule has 0 unspecified atom stereocenters. The highest BCUT2D eigenvalue weighted by Crippen LogP contribution is 2.56. The average Bonchev–Trinajstić information content (AvgIpc) is 3.16. The molecule has 2 aromatic rings. The SMILES string of the molecule is O=C[C@]1(c2ccc(F)cc2)O[C@@H]1[14c]1[14cH][14cH][14cH][14cH][14c]1Cl. The molecule has 19 heavy (non-hydrogen) atoms. The number of epoxide rings is 1. The van der Waals surface area contributed by atoms with Crippen LogP contribution in [0, 0.1) is 5.82 Å². The van der Waals surface area contributed by atoms with E-state index in [0.717, 1.165) is 11.8 Å². The normalized spacial score (nSPS) is 25.1. The quantitative estimate of drug-likeness (QED) is 0.637. The van der Waals surface area contributed by atoms with Crippen molar-refractivity contribution in [1.29, 1.82) is 0 Å². The van der Waals surface area contributed by atoms with Crippen LogP contribution in [0.3, 0.4) is 0 Å². The molecule has 3 rings (SSSR count). The molecule has 0 spiro atoms. The first-order valence-electron chi connectivity index (χ1n) is 5.82. The summed E-state index contributed by atoms with van der Waals surface area (Å²) in [4.78, 5) is 11.4. The van der Waals surface area contributed by atoms with Crippen molar-refractivity contribution in [2.24, 2.45) is 0 Å². The fourth-order valence-corrected chi connectivity index (χ4v) is 2.47. The second-order valence-electron chi connectivity index (χ2n) is 4.44. The smallest absolute Gasteiger partial charge is 0.179 e. The summed E-state index contributed by atoms with van der Waals surface area (Å²) in [6.45, 7) is 0. The van der Waals surface area contributed by atoms with Gasteiger partial charge in [-0.3, -0.25) is 4.79 Å². The average molecular weight is 289 g/mol. The third-order valence-electron chi connectivity index (χ3n) is 3.30. The highest BCUT2D eigenvalue weighted by Gasteiger charge is 2.59. The molecule has 0 aromatic heterocycles. The summed E-state index contributed by atoms with van der Waals surface area (Å²) in [7, 11) is 0. The first-order valence-corrected chi connectivity index (χ1v) is 6.20. The van der Waals surface area contributed by atoms with Crippen molar-refractivity contribution in [1.82, 2.24) is 0 Å². The van der Waals surface area contributed by atoms with Gasteiger partial charge in [-0.2, -0.15) is 0 Å². The third-order valence-corrected chi connectivity index (χ3v) is 3.65. The van der Waals surface area contributed by atoms with Gasteiger partial charge < -0.3 is 4.74 Å². The second kappa shape index (κ2) is 4.44. The van der Waals surface area contributed by atoms with E-state index in [-0.39, 0.29) is 5.82 Å². The minimum atomic E-state index is -1.04. The van der Waals surface area contributed by atoms with Crippen molar-refractivity contribution < 1.29 is 13.9 Å². The maximum atomic E-state index is 12.9. The van der Waals surface area contributed by atoms with E-state index in [9.17, 15) is 9.18 Å². The summed E-state index contributed by atoms with van der Waals surface area (Å²) < 4.78 is 18.5. The van der Waals surface area contributed by atoms with Crippen LogP contribution in [0.1, 0.15) is 17.2 Å². The van der Waals surface area contributed by atoms with Crippen LogP contribution in [-0.2, 0) is 15.1 Å². The fraction of sp³-hybridized carbons (Fsp3) is 0.133. The molecular weight excluding hydrogens is 279 g/mol. The zero-order valence-corrected chi connectivity index (χ0v) is 10.6. The molecule has 2 nitrogen and oxygen atoms in total. The molecule has 2 atom stereocenters. The molecule has 0 amide bonds. The summed E-state index contributed by atoms with van der Waals surface area (Å²) in [6.07, 6.45) is 0.331. The Labute approximate surface area is 114 Å². The minimum Gasteiger partial charge on any atom is -0.348 e. The Morgan fingerprint density at radius 1 is 1.32 bits per heavy atom. The number of hydrogen-bond acceptors (Lipinski definition) is 2. The van der Waals surface area contributed by atoms with Gasteiger partial charge >= 0.3 is 0 Å². The molecule has 2 aromatic carbocycles. The molecule has 1 heterocycles. The van der Waals surface area contributed by atoms with Gasteiger partial charge in [-0.25, -0.2) is 4.39 Å². The molecule has 1 fully saturated rings. The number of carbonyl (C=O) groups excluding carboxylic acids is 1. The summed E-state index contributed by atoms with van der Waals surface area (Å²) in [6, 6.07) is 13.0. The minimum absolute atomic E-state index is 0.347. The van der Waals surface area contributed by atoms with E-state index >= 15 is 0 Å². The Kier molecular flexibility index (Phi) is 2.88. The molecule has 0 N–H and O–H groups in total. The predicted molar refractivity (Wildman–Crippen MR) is 69.4 cm³/mol. The van der Waals surface area contributed by atoms with Crippen LogP contribution in [0.25, 0.3) is 0 Å². The third kappa shape index (κ3) is 1.95. The van der Waals surface area contributed by atoms with E-state index < -0.39 is 11.7 Å². The zero-order valence-electron chi connectivity index (χ0n) is 9.85. The summed E-state index contributed by atoms with van der Waals surface area (Å²) in [5, 5.41) is 0.554.